The zero-order chi connectivity index (χ0) is 11.7. The molecule has 5 heteroatoms. The van der Waals surface area contributed by atoms with Crippen molar-refractivity contribution >= 4 is 27.4 Å². The van der Waals surface area contributed by atoms with Crippen LogP contribution < -0.4 is 0 Å². The van der Waals surface area contributed by atoms with Crippen molar-refractivity contribution in [1.29, 1.82) is 0 Å². The number of fused-ring (bicyclic) bond motifs is 1. The average molecular weight is 283 g/mol. The zero-order valence-corrected chi connectivity index (χ0v) is 10.6. The largest absolute Gasteiger partial charge is 0.462 e. The fourth-order valence-electron chi connectivity index (χ4n) is 1.48. The van der Waals surface area contributed by atoms with Crippen LogP contribution in [0.5, 0.6) is 0 Å². The molecule has 0 atom stereocenters. The smallest absolute Gasteiger partial charge is 0.339 e. The Bertz CT molecular complexity index is 548. The van der Waals surface area contributed by atoms with E-state index in [-0.39, 0.29) is 5.97 Å². The van der Waals surface area contributed by atoms with Crippen molar-refractivity contribution in [1.82, 2.24) is 9.61 Å². The van der Waals surface area contributed by atoms with Crippen LogP contribution in [-0.2, 0) is 4.74 Å². The highest BCUT2D eigenvalue weighted by atomic mass is 79.9. The summed E-state index contributed by atoms with van der Waals surface area (Å²) in [6.45, 7) is 4.13. The van der Waals surface area contributed by atoms with Crippen LogP contribution in [0, 0.1) is 6.92 Å². The molecule has 0 spiro atoms. The standard InChI is InChI=1S/C11H11BrN2O2/c1-3-16-11(15)8-4-5-9-7(2)10(12)13-14(9)6-8/h4-6H,3H2,1-2H3. The molecule has 84 valence electrons. The number of halogens is 1. The second-order valence-electron chi connectivity index (χ2n) is 3.38. The summed E-state index contributed by atoms with van der Waals surface area (Å²) < 4.78 is 7.38. The van der Waals surface area contributed by atoms with Gasteiger partial charge in [-0.15, -0.1) is 0 Å². The van der Waals surface area contributed by atoms with Crippen molar-refractivity contribution in [2.45, 2.75) is 13.8 Å². The lowest BCUT2D eigenvalue weighted by molar-refractivity contribution is 0.0525. The number of rotatable bonds is 2. The topological polar surface area (TPSA) is 43.6 Å². The van der Waals surface area contributed by atoms with Gasteiger partial charge in [0.05, 0.1) is 17.7 Å². The van der Waals surface area contributed by atoms with Crippen molar-refractivity contribution < 1.29 is 9.53 Å². The van der Waals surface area contributed by atoms with Gasteiger partial charge in [0.1, 0.15) is 4.60 Å². The normalized spacial score (nSPS) is 10.7. The minimum absolute atomic E-state index is 0.325. The number of nitrogens with zero attached hydrogens (tertiary/aromatic N) is 2. The molecule has 0 fully saturated rings. The van der Waals surface area contributed by atoms with Gasteiger partial charge in [0, 0.05) is 11.8 Å². The van der Waals surface area contributed by atoms with E-state index in [1.807, 2.05) is 13.0 Å². The quantitative estimate of drug-likeness (QED) is 0.796. The van der Waals surface area contributed by atoms with E-state index < -0.39 is 0 Å². The summed E-state index contributed by atoms with van der Waals surface area (Å²) in [5, 5.41) is 4.24. The highest BCUT2D eigenvalue weighted by molar-refractivity contribution is 9.10. The summed E-state index contributed by atoms with van der Waals surface area (Å²) in [6.07, 6.45) is 1.67. The number of pyridine rings is 1. The van der Waals surface area contributed by atoms with Crippen molar-refractivity contribution in [2.75, 3.05) is 6.61 Å². The van der Waals surface area contributed by atoms with E-state index in [4.69, 9.17) is 4.74 Å². The Hall–Kier alpha value is -1.36. The predicted octanol–water partition coefficient (Wildman–Crippen LogP) is 2.58. The summed E-state index contributed by atoms with van der Waals surface area (Å²) in [5.74, 6) is -0.325. The van der Waals surface area contributed by atoms with E-state index in [1.54, 1.807) is 23.7 Å². The molecule has 2 aromatic rings. The van der Waals surface area contributed by atoms with E-state index >= 15 is 0 Å². The lowest BCUT2D eigenvalue weighted by Gasteiger charge is -2.02. The number of aromatic nitrogens is 2. The molecule has 0 aliphatic rings. The Morgan fingerprint density at radius 2 is 2.31 bits per heavy atom. The monoisotopic (exact) mass is 282 g/mol. The van der Waals surface area contributed by atoms with E-state index in [2.05, 4.69) is 21.0 Å². The van der Waals surface area contributed by atoms with E-state index in [0.29, 0.717) is 12.2 Å². The molecule has 0 saturated carbocycles. The molecule has 0 saturated heterocycles. The highest BCUT2D eigenvalue weighted by Gasteiger charge is 2.10. The van der Waals surface area contributed by atoms with Gasteiger partial charge in [0.15, 0.2) is 0 Å². The lowest BCUT2D eigenvalue weighted by atomic mass is 10.2. The lowest BCUT2D eigenvalue weighted by Crippen LogP contribution is -2.05. The summed E-state index contributed by atoms with van der Waals surface area (Å²) in [4.78, 5) is 11.5. The van der Waals surface area contributed by atoms with Crippen LogP contribution in [-0.4, -0.2) is 22.2 Å². The Morgan fingerprint density at radius 3 is 3.00 bits per heavy atom. The van der Waals surface area contributed by atoms with Gasteiger partial charge in [-0.3, -0.25) is 0 Å². The summed E-state index contributed by atoms with van der Waals surface area (Å²) >= 11 is 3.35. The molecule has 0 aliphatic heterocycles. The minimum atomic E-state index is -0.325. The molecule has 0 N–H and O–H groups in total. The van der Waals surface area contributed by atoms with Crippen LogP contribution in [0.25, 0.3) is 5.52 Å². The van der Waals surface area contributed by atoms with Crippen molar-refractivity contribution in [3.05, 3.63) is 34.1 Å². The predicted molar refractivity (Wildman–Crippen MR) is 63.6 cm³/mol. The molecule has 2 heterocycles. The summed E-state index contributed by atoms with van der Waals surface area (Å²) in [6, 6.07) is 3.60. The first kappa shape index (κ1) is 11.1. The Labute approximate surface area is 101 Å². The number of hydrogen-bond acceptors (Lipinski definition) is 3. The maximum atomic E-state index is 11.5. The fourth-order valence-corrected chi connectivity index (χ4v) is 1.85. The number of esters is 1. The van der Waals surface area contributed by atoms with Gasteiger partial charge in [-0.1, -0.05) is 0 Å². The third-order valence-corrected chi connectivity index (χ3v) is 3.08. The first-order valence-corrected chi connectivity index (χ1v) is 5.74. The molecular formula is C11H11BrN2O2. The van der Waals surface area contributed by atoms with Crippen LogP contribution in [0.4, 0.5) is 0 Å². The van der Waals surface area contributed by atoms with Crippen molar-refractivity contribution in [3.8, 4) is 0 Å². The number of ether oxygens (including phenoxy) is 1. The third kappa shape index (κ3) is 1.82. The van der Waals surface area contributed by atoms with Gasteiger partial charge in [0.2, 0.25) is 0 Å². The Balaban J connectivity index is 2.48. The number of hydrogen-bond donors (Lipinski definition) is 0. The van der Waals surface area contributed by atoms with Crippen molar-refractivity contribution in [2.24, 2.45) is 0 Å². The summed E-state index contributed by atoms with van der Waals surface area (Å²) in [7, 11) is 0. The highest BCUT2D eigenvalue weighted by Crippen LogP contribution is 2.20. The molecule has 0 bridgehead atoms. The third-order valence-electron chi connectivity index (χ3n) is 2.33. The Kier molecular flexibility index (Phi) is 2.96. The maximum Gasteiger partial charge on any atom is 0.339 e. The van der Waals surface area contributed by atoms with Gasteiger partial charge < -0.3 is 4.74 Å². The van der Waals surface area contributed by atoms with Crippen LogP contribution in [0.15, 0.2) is 22.9 Å². The van der Waals surface area contributed by atoms with Gasteiger partial charge in [0.25, 0.3) is 0 Å². The van der Waals surface area contributed by atoms with Crippen molar-refractivity contribution in [3.63, 3.8) is 0 Å². The van der Waals surface area contributed by atoms with Crippen LogP contribution in [0.3, 0.4) is 0 Å². The van der Waals surface area contributed by atoms with Crippen LogP contribution >= 0.6 is 15.9 Å². The van der Waals surface area contributed by atoms with Gasteiger partial charge >= 0.3 is 5.97 Å². The minimum Gasteiger partial charge on any atom is -0.462 e. The SMILES string of the molecule is CCOC(=O)c1ccc2c(C)c(Br)nn2c1. The fraction of sp³-hybridized carbons (Fsp3) is 0.273. The molecule has 2 rings (SSSR count). The van der Waals surface area contributed by atoms with Gasteiger partial charge in [-0.05, 0) is 41.9 Å². The average Bonchev–Trinajstić information content (AvgIpc) is 2.55. The maximum absolute atomic E-state index is 11.5. The van der Waals surface area contributed by atoms with Crippen LogP contribution in [0.2, 0.25) is 0 Å². The second-order valence-corrected chi connectivity index (χ2v) is 4.14. The van der Waals surface area contributed by atoms with E-state index in [0.717, 1.165) is 15.7 Å². The van der Waals surface area contributed by atoms with E-state index in [1.165, 1.54) is 0 Å². The van der Waals surface area contributed by atoms with Gasteiger partial charge in [-0.2, -0.15) is 5.10 Å². The van der Waals surface area contributed by atoms with Crippen LogP contribution in [0.1, 0.15) is 22.8 Å². The molecule has 0 unspecified atom stereocenters. The zero-order valence-electron chi connectivity index (χ0n) is 9.03. The van der Waals surface area contributed by atoms with Gasteiger partial charge in [-0.25, -0.2) is 9.31 Å². The molecule has 0 aliphatic carbocycles. The summed E-state index contributed by atoms with van der Waals surface area (Å²) in [5.41, 5.74) is 2.53. The first-order valence-electron chi connectivity index (χ1n) is 4.95. The molecule has 0 aromatic carbocycles. The first-order chi connectivity index (χ1) is 7.63. The molecule has 4 nitrogen and oxygen atoms in total. The molecule has 0 amide bonds. The Morgan fingerprint density at radius 1 is 1.56 bits per heavy atom. The second kappa shape index (κ2) is 4.25. The number of carbonyl (C=O) groups excluding carboxylic acids is 1. The van der Waals surface area contributed by atoms with E-state index in [9.17, 15) is 4.79 Å². The molecule has 2 aromatic heterocycles. The number of carbonyl (C=O) groups is 1. The molecular weight excluding hydrogens is 272 g/mol. The molecule has 0 radical (unpaired) electrons. The molecule has 16 heavy (non-hydrogen) atoms. The number of aryl methyl sites for hydroxylation is 1.